The Bertz CT molecular complexity index is 755. The van der Waals surface area contributed by atoms with Gasteiger partial charge in [-0.3, -0.25) is 0 Å². The van der Waals surface area contributed by atoms with Crippen LogP contribution in [0, 0.1) is 6.92 Å². The number of nitrogens with zero attached hydrogens (tertiary/aromatic N) is 2. The number of hydrogen-bond acceptors (Lipinski definition) is 3. The van der Waals surface area contributed by atoms with E-state index >= 15 is 0 Å². The number of aromatic nitrogens is 2. The van der Waals surface area contributed by atoms with E-state index in [0.29, 0.717) is 18.0 Å². The van der Waals surface area contributed by atoms with Crippen LogP contribution in [0.1, 0.15) is 21.9 Å². The van der Waals surface area contributed by atoms with Crippen LogP contribution in [0.3, 0.4) is 0 Å². The Labute approximate surface area is 109 Å². The molecule has 0 bridgehead atoms. The minimum Gasteiger partial charge on any atom is -0.477 e. The number of aromatic carboxylic acids is 1. The van der Waals surface area contributed by atoms with Crippen molar-refractivity contribution in [3.05, 3.63) is 53.5 Å². The lowest BCUT2D eigenvalue weighted by Gasteiger charge is -2.05. The summed E-state index contributed by atoms with van der Waals surface area (Å²) in [7, 11) is 0. The van der Waals surface area contributed by atoms with Crippen molar-refractivity contribution in [2.45, 2.75) is 13.5 Å². The van der Waals surface area contributed by atoms with Crippen LogP contribution in [0.2, 0.25) is 0 Å². The van der Waals surface area contributed by atoms with Gasteiger partial charge in [0.1, 0.15) is 17.1 Å². The highest BCUT2D eigenvalue weighted by molar-refractivity contribution is 5.94. The molecule has 0 atom stereocenters. The smallest absolute Gasteiger partial charge is 0.352 e. The van der Waals surface area contributed by atoms with Gasteiger partial charge < -0.3 is 14.2 Å². The molecule has 96 valence electrons. The Morgan fingerprint density at radius 3 is 2.84 bits per heavy atom. The van der Waals surface area contributed by atoms with Gasteiger partial charge in [0.2, 0.25) is 0 Å². The second-order valence-electron chi connectivity index (χ2n) is 4.41. The van der Waals surface area contributed by atoms with Gasteiger partial charge in [0.25, 0.3) is 0 Å². The van der Waals surface area contributed by atoms with E-state index in [9.17, 15) is 9.90 Å². The summed E-state index contributed by atoms with van der Waals surface area (Å²) in [6, 6.07) is 11.0. The number of rotatable bonds is 3. The van der Waals surface area contributed by atoms with E-state index in [4.69, 9.17) is 4.52 Å². The van der Waals surface area contributed by atoms with Crippen LogP contribution >= 0.6 is 0 Å². The van der Waals surface area contributed by atoms with Crippen molar-refractivity contribution in [1.82, 2.24) is 9.72 Å². The van der Waals surface area contributed by atoms with Crippen molar-refractivity contribution in [2.75, 3.05) is 0 Å². The molecule has 0 amide bonds. The first-order chi connectivity index (χ1) is 9.15. The van der Waals surface area contributed by atoms with Crippen LogP contribution < -0.4 is 0 Å². The van der Waals surface area contributed by atoms with E-state index in [1.807, 2.05) is 31.2 Å². The molecule has 0 fully saturated rings. The summed E-state index contributed by atoms with van der Waals surface area (Å²) < 4.78 is 6.75. The second-order valence-corrected chi connectivity index (χ2v) is 4.41. The molecule has 2 aromatic heterocycles. The van der Waals surface area contributed by atoms with E-state index in [0.717, 1.165) is 10.9 Å². The fourth-order valence-corrected chi connectivity index (χ4v) is 2.21. The monoisotopic (exact) mass is 256 g/mol. The summed E-state index contributed by atoms with van der Waals surface area (Å²) in [6.45, 7) is 2.19. The maximum atomic E-state index is 11.3. The third-order valence-electron chi connectivity index (χ3n) is 3.03. The molecule has 5 heteroatoms. The first-order valence-corrected chi connectivity index (χ1v) is 5.89. The first kappa shape index (κ1) is 11.5. The number of carbonyl (C=O) groups is 1. The zero-order valence-corrected chi connectivity index (χ0v) is 10.3. The highest BCUT2D eigenvalue weighted by Crippen LogP contribution is 2.21. The number of benzene rings is 1. The van der Waals surface area contributed by atoms with Gasteiger partial charge >= 0.3 is 5.97 Å². The van der Waals surface area contributed by atoms with Crippen LogP contribution in [-0.2, 0) is 6.54 Å². The lowest BCUT2D eigenvalue weighted by Crippen LogP contribution is -2.09. The average molecular weight is 256 g/mol. The van der Waals surface area contributed by atoms with E-state index in [-0.39, 0.29) is 5.69 Å². The van der Waals surface area contributed by atoms with Gasteiger partial charge in [-0.05, 0) is 19.1 Å². The second kappa shape index (κ2) is 4.28. The van der Waals surface area contributed by atoms with Gasteiger partial charge in [0.05, 0.1) is 6.54 Å². The number of carboxylic acids is 1. The maximum Gasteiger partial charge on any atom is 0.352 e. The molecule has 0 aliphatic heterocycles. The topological polar surface area (TPSA) is 68.3 Å². The highest BCUT2D eigenvalue weighted by atomic mass is 16.5. The molecular formula is C14H12N2O3. The summed E-state index contributed by atoms with van der Waals surface area (Å²) in [5.74, 6) is -0.236. The van der Waals surface area contributed by atoms with Crippen molar-refractivity contribution in [3.63, 3.8) is 0 Å². The zero-order valence-electron chi connectivity index (χ0n) is 10.3. The van der Waals surface area contributed by atoms with Crippen LogP contribution in [-0.4, -0.2) is 20.8 Å². The Morgan fingerprint density at radius 1 is 1.37 bits per heavy atom. The summed E-state index contributed by atoms with van der Waals surface area (Å²) in [5.41, 5.74) is 1.84. The predicted molar refractivity (Wildman–Crippen MR) is 69.2 cm³/mol. The maximum absolute atomic E-state index is 11.3. The van der Waals surface area contributed by atoms with Crippen LogP contribution in [0.15, 0.2) is 40.9 Å². The standard InChI is InChI=1S/C14H12N2O3/c1-9-6-11(15-19-9)8-16-12-5-3-2-4-10(12)7-13(16)14(17)18/h2-7H,8H2,1H3,(H,17,18). The molecule has 0 radical (unpaired) electrons. The number of aryl methyl sites for hydroxylation is 1. The lowest BCUT2D eigenvalue weighted by atomic mass is 10.2. The number of para-hydroxylation sites is 1. The van der Waals surface area contributed by atoms with E-state index in [1.54, 1.807) is 16.7 Å². The van der Waals surface area contributed by atoms with Crippen LogP contribution in [0.4, 0.5) is 0 Å². The van der Waals surface area contributed by atoms with Crippen molar-refractivity contribution in [2.24, 2.45) is 0 Å². The summed E-state index contributed by atoms with van der Waals surface area (Å²) in [6.07, 6.45) is 0. The van der Waals surface area contributed by atoms with Gasteiger partial charge in [0.15, 0.2) is 0 Å². The molecule has 0 saturated carbocycles. The molecule has 0 aliphatic rings. The molecule has 1 N–H and O–H groups in total. The predicted octanol–water partition coefficient (Wildman–Crippen LogP) is 2.68. The zero-order chi connectivity index (χ0) is 13.4. The molecule has 0 spiro atoms. The summed E-state index contributed by atoms with van der Waals surface area (Å²) >= 11 is 0. The van der Waals surface area contributed by atoms with E-state index < -0.39 is 5.97 Å². The van der Waals surface area contributed by atoms with Crippen molar-refractivity contribution in [1.29, 1.82) is 0 Å². The van der Waals surface area contributed by atoms with E-state index in [1.165, 1.54) is 0 Å². The lowest BCUT2D eigenvalue weighted by molar-refractivity contribution is 0.0686. The largest absolute Gasteiger partial charge is 0.477 e. The van der Waals surface area contributed by atoms with Gasteiger partial charge in [-0.1, -0.05) is 23.4 Å². The van der Waals surface area contributed by atoms with Gasteiger partial charge in [-0.15, -0.1) is 0 Å². The fraction of sp³-hybridized carbons (Fsp3) is 0.143. The van der Waals surface area contributed by atoms with Gasteiger partial charge in [-0.2, -0.15) is 0 Å². The molecular weight excluding hydrogens is 244 g/mol. The molecule has 3 rings (SSSR count). The highest BCUT2D eigenvalue weighted by Gasteiger charge is 2.15. The van der Waals surface area contributed by atoms with Crippen LogP contribution in [0.5, 0.6) is 0 Å². The van der Waals surface area contributed by atoms with Gasteiger partial charge in [-0.25, -0.2) is 4.79 Å². The third-order valence-corrected chi connectivity index (χ3v) is 3.03. The quantitative estimate of drug-likeness (QED) is 0.782. The summed E-state index contributed by atoms with van der Waals surface area (Å²) in [4.78, 5) is 11.3. The Kier molecular flexibility index (Phi) is 2.59. The third kappa shape index (κ3) is 1.99. The van der Waals surface area contributed by atoms with Crippen molar-refractivity contribution in [3.8, 4) is 0 Å². The Balaban J connectivity index is 2.14. The molecule has 5 nitrogen and oxygen atoms in total. The molecule has 0 unspecified atom stereocenters. The fourth-order valence-electron chi connectivity index (χ4n) is 2.21. The average Bonchev–Trinajstić information content (AvgIpc) is 2.95. The Morgan fingerprint density at radius 2 is 2.16 bits per heavy atom. The SMILES string of the molecule is Cc1cc(Cn2c(C(=O)O)cc3ccccc32)no1. The normalized spacial score (nSPS) is 11.0. The molecule has 2 heterocycles. The molecule has 3 aromatic rings. The number of fused-ring (bicyclic) bond motifs is 1. The van der Waals surface area contributed by atoms with Crippen LogP contribution in [0.25, 0.3) is 10.9 Å². The van der Waals surface area contributed by atoms with Gasteiger partial charge in [0, 0.05) is 17.0 Å². The van der Waals surface area contributed by atoms with Crippen molar-refractivity contribution >= 4 is 16.9 Å². The first-order valence-electron chi connectivity index (χ1n) is 5.89. The minimum atomic E-state index is -0.948. The molecule has 1 aromatic carbocycles. The Hall–Kier alpha value is -2.56. The van der Waals surface area contributed by atoms with Crippen molar-refractivity contribution < 1.29 is 14.4 Å². The molecule has 0 aliphatic carbocycles. The molecule has 0 saturated heterocycles. The summed E-state index contributed by atoms with van der Waals surface area (Å²) in [5, 5.41) is 14.1. The minimum absolute atomic E-state index is 0.252. The number of carboxylic acid groups (broad SMARTS) is 1. The number of hydrogen-bond donors (Lipinski definition) is 1. The molecule has 19 heavy (non-hydrogen) atoms. The van der Waals surface area contributed by atoms with E-state index in [2.05, 4.69) is 5.16 Å².